The molecule has 1 aromatic carbocycles. The van der Waals surface area contributed by atoms with Crippen molar-refractivity contribution in [2.75, 3.05) is 25.6 Å². The SMILES string of the molecule is CN(C1COC1)C1CCC(n2cc(C(N)=O)c(Nc3ccc(C(F)(F)F)cc3)n2)C(C#N)C1. The van der Waals surface area contributed by atoms with Gasteiger partial charge in [0, 0.05) is 17.9 Å². The monoisotopic (exact) mass is 462 g/mol. The second-order valence-corrected chi connectivity index (χ2v) is 8.56. The van der Waals surface area contributed by atoms with Crippen molar-refractivity contribution in [2.24, 2.45) is 11.7 Å². The van der Waals surface area contributed by atoms with Gasteiger partial charge in [-0.25, -0.2) is 0 Å². The van der Waals surface area contributed by atoms with E-state index in [1.165, 1.54) is 18.3 Å². The van der Waals surface area contributed by atoms with Crippen LogP contribution in [0.1, 0.15) is 41.2 Å². The van der Waals surface area contributed by atoms with E-state index in [4.69, 9.17) is 10.5 Å². The maximum atomic E-state index is 12.8. The first-order valence-electron chi connectivity index (χ1n) is 10.7. The van der Waals surface area contributed by atoms with Gasteiger partial charge in [-0.15, -0.1) is 0 Å². The summed E-state index contributed by atoms with van der Waals surface area (Å²) in [6, 6.07) is 7.18. The molecule has 2 fully saturated rings. The molecular formula is C22H25F3N6O2. The summed E-state index contributed by atoms with van der Waals surface area (Å²) in [5.74, 6) is -0.890. The zero-order valence-electron chi connectivity index (χ0n) is 18.0. The average Bonchev–Trinajstić information content (AvgIpc) is 3.15. The number of primary amides is 1. The van der Waals surface area contributed by atoms with Gasteiger partial charge < -0.3 is 15.8 Å². The molecule has 4 rings (SSSR count). The summed E-state index contributed by atoms with van der Waals surface area (Å²) >= 11 is 0. The summed E-state index contributed by atoms with van der Waals surface area (Å²) in [7, 11) is 2.05. The number of hydrogen-bond acceptors (Lipinski definition) is 6. The lowest BCUT2D eigenvalue weighted by molar-refractivity contribution is -0.137. The standard InChI is InChI=1S/C22H25F3N6O2/c1-30(17-11-33-12-17)16-6-7-19(13(8-16)9-26)31-10-18(20(27)32)21(29-31)28-15-4-2-14(3-5-15)22(23,24)25/h2-5,10,13,16-17,19H,6-8,11-12H2,1H3,(H2,27,32)(H,28,29). The number of amides is 1. The normalized spacial score (nSPS) is 23.7. The van der Waals surface area contributed by atoms with Crippen LogP contribution in [0, 0.1) is 17.2 Å². The lowest BCUT2D eigenvalue weighted by Gasteiger charge is -2.43. The fourth-order valence-electron chi connectivity index (χ4n) is 4.43. The van der Waals surface area contributed by atoms with Gasteiger partial charge >= 0.3 is 6.18 Å². The summed E-state index contributed by atoms with van der Waals surface area (Å²) in [6.45, 7) is 1.40. The number of ether oxygens (including phenoxy) is 1. The predicted octanol–water partition coefficient (Wildman–Crippen LogP) is 3.31. The molecule has 1 saturated heterocycles. The zero-order chi connectivity index (χ0) is 23.8. The number of rotatable bonds is 6. The highest BCUT2D eigenvalue weighted by Gasteiger charge is 2.38. The van der Waals surface area contributed by atoms with Gasteiger partial charge in [0.1, 0.15) is 5.56 Å². The predicted molar refractivity (Wildman–Crippen MR) is 114 cm³/mol. The molecular weight excluding hydrogens is 437 g/mol. The number of anilines is 2. The van der Waals surface area contributed by atoms with E-state index in [-0.39, 0.29) is 29.4 Å². The van der Waals surface area contributed by atoms with Crippen LogP contribution < -0.4 is 11.1 Å². The number of nitrogens with one attached hydrogen (secondary N) is 1. The third kappa shape index (κ3) is 4.82. The van der Waals surface area contributed by atoms with Crippen LogP contribution in [0.5, 0.6) is 0 Å². The van der Waals surface area contributed by atoms with Crippen molar-refractivity contribution >= 4 is 17.4 Å². The molecule has 1 aliphatic carbocycles. The average molecular weight is 462 g/mol. The molecule has 1 aromatic heterocycles. The number of nitrogens with zero attached hydrogens (tertiary/aromatic N) is 4. The minimum atomic E-state index is -4.44. The third-order valence-electron chi connectivity index (χ3n) is 6.54. The van der Waals surface area contributed by atoms with E-state index in [9.17, 15) is 23.2 Å². The Balaban J connectivity index is 1.52. The fourth-order valence-corrected chi connectivity index (χ4v) is 4.43. The maximum Gasteiger partial charge on any atom is 0.416 e. The van der Waals surface area contributed by atoms with Gasteiger partial charge in [0.15, 0.2) is 5.82 Å². The molecule has 176 valence electrons. The van der Waals surface area contributed by atoms with Crippen molar-refractivity contribution in [1.82, 2.24) is 14.7 Å². The number of nitriles is 1. The lowest BCUT2D eigenvalue weighted by Crippen LogP contribution is -2.53. The molecule has 1 saturated carbocycles. The highest BCUT2D eigenvalue weighted by atomic mass is 19.4. The molecule has 8 nitrogen and oxygen atoms in total. The van der Waals surface area contributed by atoms with Crippen LogP contribution in [0.25, 0.3) is 0 Å². The smallest absolute Gasteiger partial charge is 0.378 e. The van der Waals surface area contributed by atoms with Crippen LogP contribution in [0.2, 0.25) is 0 Å². The van der Waals surface area contributed by atoms with E-state index >= 15 is 0 Å². The van der Waals surface area contributed by atoms with Gasteiger partial charge in [-0.3, -0.25) is 14.4 Å². The van der Waals surface area contributed by atoms with Crippen molar-refractivity contribution in [3.8, 4) is 6.07 Å². The molecule has 3 unspecified atom stereocenters. The van der Waals surface area contributed by atoms with Crippen LogP contribution in [0.15, 0.2) is 30.5 Å². The van der Waals surface area contributed by atoms with E-state index < -0.39 is 17.6 Å². The van der Waals surface area contributed by atoms with Crippen LogP contribution >= 0.6 is 0 Å². The first-order valence-corrected chi connectivity index (χ1v) is 10.7. The highest BCUT2D eigenvalue weighted by molar-refractivity contribution is 5.98. The Morgan fingerprint density at radius 2 is 1.97 bits per heavy atom. The molecule has 0 spiro atoms. The Bertz CT molecular complexity index is 1040. The van der Waals surface area contributed by atoms with Crippen molar-refractivity contribution in [3.63, 3.8) is 0 Å². The second kappa shape index (κ2) is 9.03. The Morgan fingerprint density at radius 3 is 2.52 bits per heavy atom. The summed E-state index contributed by atoms with van der Waals surface area (Å²) in [6.07, 6.45) is -0.706. The molecule has 2 aromatic rings. The molecule has 2 heterocycles. The molecule has 1 amide bonds. The molecule has 11 heteroatoms. The fraction of sp³-hybridized carbons (Fsp3) is 0.500. The molecule has 3 atom stereocenters. The summed E-state index contributed by atoms with van der Waals surface area (Å²) < 4.78 is 45.3. The molecule has 33 heavy (non-hydrogen) atoms. The molecule has 0 bridgehead atoms. The van der Waals surface area contributed by atoms with Crippen LogP contribution in [-0.4, -0.2) is 52.9 Å². The van der Waals surface area contributed by atoms with E-state index in [1.54, 1.807) is 4.68 Å². The van der Waals surface area contributed by atoms with Crippen LogP contribution in [0.4, 0.5) is 24.7 Å². The quantitative estimate of drug-likeness (QED) is 0.682. The Morgan fingerprint density at radius 1 is 1.27 bits per heavy atom. The van der Waals surface area contributed by atoms with Crippen molar-refractivity contribution in [3.05, 3.63) is 41.6 Å². The molecule has 3 N–H and O–H groups in total. The van der Waals surface area contributed by atoms with E-state index in [1.807, 2.05) is 0 Å². The van der Waals surface area contributed by atoms with Crippen LogP contribution in [0.3, 0.4) is 0 Å². The molecule has 0 radical (unpaired) electrons. The van der Waals surface area contributed by atoms with Crippen molar-refractivity contribution in [2.45, 2.75) is 43.6 Å². The number of carbonyl (C=O) groups is 1. The van der Waals surface area contributed by atoms with Gasteiger partial charge in [-0.1, -0.05) is 0 Å². The van der Waals surface area contributed by atoms with Crippen molar-refractivity contribution in [1.29, 1.82) is 5.26 Å². The summed E-state index contributed by atoms with van der Waals surface area (Å²) in [4.78, 5) is 14.3. The largest absolute Gasteiger partial charge is 0.416 e. The second-order valence-electron chi connectivity index (χ2n) is 8.56. The van der Waals surface area contributed by atoms with E-state index in [0.717, 1.165) is 18.6 Å². The number of nitrogens with two attached hydrogens (primary N) is 1. The molecule has 1 aliphatic heterocycles. The van der Waals surface area contributed by atoms with Crippen molar-refractivity contribution < 1.29 is 22.7 Å². The number of likely N-dealkylation sites (N-methyl/N-ethyl adjacent to an activating group) is 1. The van der Waals surface area contributed by atoms with Gasteiger partial charge in [-0.05, 0) is 50.6 Å². The molecule has 2 aliphatic rings. The summed E-state index contributed by atoms with van der Waals surface area (Å²) in [5.41, 5.74) is 5.18. The van der Waals surface area contributed by atoms with Gasteiger partial charge in [0.25, 0.3) is 5.91 Å². The van der Waals surface area contributed by atoms with Gasteiger partial charge in [0.05, 0.1) is 42.8 Å². The summed E-state index contributed by atoms with van der Waals surface area (Å²) in [5, 5.41) is 17.1. The Hall–Kier alpha value is -3.10. The number of carbonyl (C=O) groups excluding carboxylic acids is 1. The first-order chi connectivity index (χ1) is 15.7. The number of alkyl halides is 3. The first kappa shape index (κ1) is 23.1. The van der Waals surface area contributed by atoms with E-state index in [2.05, 4.69) is 28.4 Å². The number of halogens is 3. The Kier molecular flexibility index (Phi) is 6.32. The maximum absolute atomic E-state index is 12.8. The number of hydrogen-bond donors (Lipinski definition) is 2. The number of benzene rings is 1. The lowest BCUT2D eigenvalue weighted by atomic mass is 9.81. The minimum absolute atomic E-state index is 0.109. The zero-order valence-corrected chi connectivity index (χ0v) is 18.0. The minimum Gasteiger partial charge on any atom is -0.378 e. The Labute approximate surface area is 189 Å². The van der Waals surface area contributed by atoms with Gasteiger partial charge in [0.2, 0.25) is 0 Å². The van der Waals surface area contributed by atoms with Gasteiger partial charge in [-0.2, -0.15) is 23.5 Å². The van der Waals surface area contributed by atoms with E-state index in [0.29, 0.717) is 37.8 Å². The topological polar surface area (TPSA) is 109 Å². The third-order valence-corrected chi connectivity index (χ3v) is 6.54. The number of aromatic nitrogens is 2. The highest BCUT2D eigenvalue weighted by Crippen LogP contribution is 2.37. The van der Waals surface area contributed by atoms with Crippen LogP contribution in [-0.2, 0) is 10.9 Å².